The molecule has 0 spiro atoms. The molecular formula is C12H24ClN3O2. The molecule has 1 atom stereocenters. The maximum Gasteiger partial charge on any atom is 0.234 e. The number of likely N-dealkylation sites (tertiary alicyclic amines) is 1. The van der Waals surface area contributed by atoms with Crippen LogP contribution in [0.1, 0.15) is 25.7 Å². The van der Waals surface area contributed by atoms with Gasteiger partial charge in [0.2, 0.25) is 5.91 Å². The molecule has 0 aromatic heterocycles. The number of carbonyl (C=O) groups is 1. The van der Waals surface area contributed by atoms with Crippen LogP contribution in [0.4, 0.5) is 0 Å². The lowest BCUT2D eigenvalue weighted by molar-refractivity contribution is -0.123. The van der Waals surface area contributed by atoms with Crippen molar-refractivity contribution in [2.45, 2.75) is 37.8 Å². The molecule has 3 N–H and O–H groups in total. The number of amides is 1. The van der Waals surface area contributed by atoms with Crippen LogP contribution < -0.4 is 11.1 Å². The lowest BCUT2D eigenvalue weighted by Crippen LogP contribution is -2.49. The first-order valence-electron chi connectivity index (χ1n) is 6.59. The van der Waals surface area contributed by atoms with Gasteiger partial charge in [-0.3, -0.25) is 9.69 Å². The zero-order chi connectivity index (χ0) is 12.1. The van der Waals surface area contributed by atoms with Crippen molar-refractivity contribution >= 4 is 18.3 Å². The molecular weight excluding hydrogens is 254 g/mol. The minimum atomic E-state index is 0. The smallest absolute Gasteiger partial charge is 0.234 e. The van der Waals surface area contributed by atoms with E-state index in [0.717, 1.165) is 52.0 Å². The zero-order valence-electron chi connectivity index (χ0n) is 10.8. The van der Waals surface area contributed by atoms with Gasteiger partial charge in [0.05, 0.1) is 6.54 Å². The van der Waals surface area contributed by atoms with Crippen molar-refractivity contribution in [2.24, 2.45) is 5.73 Å². The standard InChI is InChI=1S/C12H23N3O2.ClH/c13-10-2-1-5-15(8-10)9-12(16)14-11-3-6-17-7-4-11;/h10-11H,1-9,13H2,(H,14,16);1H. The van der Waals surface area contributed by atoms with Crippen LogP contribution in [-0.2, 0) is 9.53 Å². The van der Waals surface area contributed by atoms with Crippen molar-refractivity contribution in [1.29, 1.82) is 0 Å². The Bertz CT molecular complexity index is 260. The molecule has 2 aliphatic rings. The Labute approximate surface area is 115 Å². The molecule has 1 amide bonds. The first-order chi connectivity index (χ1) is 8.24. The highest BCUT2D eigenvalue weighted by atomic mass is 35.5. The summed E-state index contributed by atoms with van der Waals surface area (Å²) in [6, 6.07) is 0.536. The first kappa shape index (κ1) is 15.7. The predicted octanol–water partition coefficient (Wildman–Crippen LogP) is 0.127. The normalized spacial score (nSPS) is 26.4. The van der Waals surface area contributed by atoms with Crippen molar-refractivity contribution < 1.29 is 9.53 Å². The van der Waals surface area contributed by atoms with Gasteiger partial charge in [-0.05, 0) is 32.2 Å². The molecule has 0 aromatic rings. The molecule has 0 aromatic carbocycles. The van der Waals surface area contributed by atoms with Gasteiger partial charge in [-0.1, -0.05) is 0 Å². The van der Waals surface area contributed by atoms with E-state index in [0.29, 0.717) is 12.6 Å². The molecule has 2 rings (SSSR count). The van der Waals surface area contributed by atoms with Gasteiger partial charge >= 0.3 is 0 Å². The topological polar surface area (TPSA) is 67.6 Å². The van der Waals surface area contributed by atoms with Crippen molar-refractivity contribution in [2.75, 3.05) is 32.8 Å². The summed E-state index contributed by atoms with van der Waals surface area (Å²) in [5.41, 5.74) is 5.90. The zero-order valence-corrected chi connectivity index (χ0v) is 11.6. The Morgan fingerprint density at radius 3 is 2.72 bits per heavy atom. The number of halogens is 1. The molecule has 0 bridgehead atoms. The second-order valence-electron chi connectivity index (χ2n) is 5.09. The van der Waals surface area contributed by atoms with E-state index >= 15 is 0 Å². The van der Waals surface area contributed by atoms with Crippen LogP contribution in [0.25, 0.3) is 0 Å². The van der Waals surface area contributed by atoms with Crippen LogP contribution in [0.15, 0.2) is 0 Å². The largest absolute Gasteiger partial charge is 0.381 e. The number of hydrogen-bond acceptors (Lipinski definition) is 4. The van der Waals surface area contributed by atoms with Crippen LogP contribution in [0.3, 0.4) is 0 Å². The monoisotopic (exact) mass is 277 g/mol. The highest BCUT2D eigenvalue weighted by Gasteiger charge is 2.21. The van der Waals surface area contributed by atoms with E-state index in [9.17, 15) is 4.79 Å². The Morgan fingerprint density at radius 1 is 1.33 bits per heavy atom. The predicted molar refractivity (Wildman–Crippen MR) is 72.9 cm³/mol. The van der Waals surface area contributed by atoms with Crippen molar-refractivity contribution in [3.8, 4) is 0 Å². The third-order valence-electron chi connectivity index (χ3n) is 3.50. The summed E-state index contributed by atoms with van der Waals surface area (Å²) in [5.74, 6) is 0.131. The molecule has 106 valence electrons. The molecule has 2 aliphatic heterocycles. The van der Waals surface area contributed by atoms with Crippen molar-refractivity contribution in [3.05, 3.63) is 0 Å². The summed E-state index contributed by atoms with van der Waals surface area (Å²) >= 11 is 0. The fourth-order valence-corrected chi connectivity index (χ4v) is 2.55. The number of carbonyl (C=O) groups excluding carboxylic acids is 1. The minimum absolute atomic E-state index is 0. The van der Waals surface area contributed by atoms with Crippen LogP contribution in [0, 0.1) is 0 Å². The van der Waals surface area contributed by atoms with Gasteiger partial charge in [-0.25, -0.2) is 0 Å². The van der Waals surface area contributed by atoms with E-state index in [-0.39, 0.29) is 24.4 Å². The molecule has 0 aliphatic carbocycles. The highest BCUT2D eigenvalue weighted by molar-refractivity contribution is 5.85. The average molecular weight is 278 g/mol. The molecule has 2 fully saturated rings. The Hall–Kier alpha value is -0.360. The lowest BCUT2D eigenvalue weighted by atomic mass is 10.1. The highest BCUT2D eigenvalue weighted by Crippen LogP contribution is 2.09. The molecule has 18 heavy (non-hydrogen) atoms. The molecule has 1 unspecified atom stereocenters. The number of ether oxygens (including phenoxy) is 1. The van der Waals surface area contributed by atoms with E-state index in [2.05, 4.69) is 10.2 Å². The summed E-state index contributed by atoms with van der Waals surface area (Å²) in [6.45, 7) is 3.86. The van der Waals surface area contributed by atoms with Crippen LogP contribution in [0.5, 0.6) is 0 Å². The van der Waals surface area contributed by atoms with Gasteiger partial charge in [0.1, 0.15) is 0 Å². The van der Waals surface area contributed by atoms with Crippen LogP contribution in [-0.4, -0.2) is 55.7 Å². The number of rotatable bonds is 3. The molecule has 5 nitrogen and oxygen atoms in total. The third-order valence-corrected chi connectivity index (χ3v) is 3.50. The minimum Gasteiger partial charge on any atom is -0.381 e. The van der Waals surface area contributed by atoms with Gasteiger partial charge < -0.3 is 15.8 Å². The molecule has 6 heteroatoms. The summed E-state index contributed by atoms with van der Waals surface area (Å²) in [5, 5.41) is 3.08. The van der Waals surface area contributed by atoms with Gasteiger partial charge in [0.25, 0.3) is 0 Å². The van der Waals surface area contributed by atoms with E-state index in [1.165, 1.54) is 0 Å². The maximum atomic E-state index is 11.9. The summed E-state index contributed by atoms with van der Waals surface area (Å²) in [7, 11) is 0. The number of nitrogens with zero attached hydrogens (tertiary/aromatic N) is 1. The second kappa shape index (κ2) is 7.94. The molecule has 0 saturated carbocycles. The van der Waals surface area contributed by atoms with Gasteiger partial charge in [-0.2, -0.15) is 0 Å². The summed E-state index contributed by atoms with van der Waals surface area (Å²) in [6.07, 6.45) is 4.06. The second-order valence-corrected chi connectivity index (χ2v) is 5.09. The Morgan fingerprint density at radius 2 is 2.06 bits per heavy atom. The molecule has 0 radical (unpaired) electrons. The number of nitrogens with one attached hydrogen (secondary N) is 1. The van der Waals surface area contributed by atoms with E-state index in [1.54, 1.807) is 0 Å². The van der Waals surface area contributed by atoms with Gasteiger partial charge in [0, 0.05) is 31.8 Å². The lowest BCUT2D eigenvalue weighted by Gasteiger charge is -2.31. The SMILES string of the molecule is Cl.NC1CCCN(CC(=O)NC2CCOCC2)C1. The number of nitrogens with two attached hydrogens (primary N) is 1. The van der Waals surface area contributed by atoms with E-state index in [1.807, 2.05) is 0 Å². The Balaban J connectivity index is 0.00000162. The quantitative estimate of drug-likeness (QED) is 0.769. The average Bonchev–Trinajstić information content (AvgIpc) is 2.30. The third kappa shape index (κ3) is 5.10. The molecule has 2 heterocycles. The summed E-state index contributed by atoms with van der Waals surface area (Å²) < 4.78 is 5.27. The number of hydrogen-bond donors (Lipinski definition) is 2. The Kier molecular flexibility index (Phi) is 6.92. The summed E-state index contributed by atoms with van der Waals surface area (Å²) in [4.78, 5) is 14.0. The van der Waals surface area contributed by atoms with E-state index < -0.39 is 0 Å². The van der Waals surface area contributed by atoms with Gasteiger partial charge in [-0.15, -0.1) is 12.4 Å². The van der Waals surface area contributed by atoms with E-state index in [4.69, 9.17) is 10.5 Å². The fraction of sp³-hybridized carbons (Fsp3) is 0.917. The van der Waals surface area contributed by atoms with Crippen LogP contribution in [0.2, 0.25) is 0 Å². The van der Waals surface area contributed by atoms with Crippen molar-refractivity contribution in [1.82, 2.24) is 10.2 Å². The first-order valence-corrected chi connectivity index (χ1v) is 6.59. The van der Waals surface area contributed by atoms with Gasteiger partial charge in [0.15, 0.2) is 0 Å². The maximum absolute atomic E-state index is 11.9. The molecule has 2 saturated heterocycles. The van der Waals surface area contributed by atoms with Crippen LogP contribution >= 0.6 is 12.4 Å². The fourth-order valence-electron chi connectivity index (χ4n) is 2.55. The van der Waals surface area contributed by atoms with Crippen molar-refractivity contribution in [3.63, 3.8) is 0 Å². The number of piperidine rings is 1.